The zero-order valence-corrected chi connectivity index (χ0v) is 15.0. The Kier molecular flexibility index (Phi) is 3.99. The minimum absolute atomic E-state index is 0.0266. The minimum Gasteiger partial charge on any atom is -0.482 e. The van der Waals surface area contributed by atoms with Crippen molar-refractivity contribution in [3.63, 3.8) is 0 Å². The van der Waals surface area contributed by atoms with E-state index in [0.717, 1.165) is 33.9 Å². The van der Waals surface area contributed by atoms with Crippen LogP contribution in [0.5, 0.6) is 5.75 Å². The lowest BCUT2D eigenvalue weighted by Crippen LogP contribution is -2.35. The van der Waals surface area contributed by atoms with E-state index in [0.29, 0.717) is 5.92 Å². The molecule has 2 aromatic heterocycles. The standard InChI is InChI=1S/C19H21N5O2/c1-11(2)17(23-19-13-6-7-20-18(13)21-10-22-19)12-4-5-15-14(8-12)24(3)16(25)9-26-15/h4-8,10-11,17H,9H2,1-3H3,(H2,20,21,22,23)/t17-/m1/s1. The van der Waals surface area contributed by atoms with Crippen molar-refractivity contribution < 1.29 is 9.53 Å². The van der Waals surface area contributed by atoms with Crippen molar-refractivity contribution in [2.24, 2.45) is 5.92 Å². The van der Waals surface area contributed by atoms with Gasteiger partial charge in [-0.15, -0.1) is 0 Å². The maximum absolute atomic E-state index is 11.9. The third kappa shape index (κ3) is 2.75. The first-order valence-corrected chi connectivity index (χ1v) is 8.62. The molecule has 3 aromatic rings. The molecular weight excluding hydrogens is 330 g/mol. The fourth-order valence-electron chi connectivity index (χ4n) is 3.25. The molecule has 1 aliphatic rings. The fourth-order valence-corrected chi connectivity index (χ4v) is 3.25. The van der Waals surface area contributed by atoms with Crippen molar-refractivity contribution in [3.05, 3.63) is 42.4 Å². The van der Waals surface area contributed by atoms with Crippen molar-refractivity contribution in [2.45, 2.75) is 19.9 Å². The Morgan fingerprint density at radius 2 is 2.12 bits per heavy atom. The molecule has 0 unspecified atom stereocenters. The number of hydrogen-bond donors (Lipinski definition) is 2. The predicted molar refractivity (Wildman–Crippen MR) is 100 cm³/mol. The smallest absolute Gasteiger partial charge is 0.264 e. The molecule has 0 saturated carbocycles. The highest BCUT2D eigenvalue weighted by Crippen LogP contribution is 2.36. The second kappa shape index (κ2) is 6.33. The fraction of sp³-hybridized carbons (Fsp3) is 0.316. The Morgan fingerprint density at radius 3 is 2.92 bits per heavy atom. The third-order valence-electron chi connectivity index (χ3n) is 4.74. The molecule has 0 fully saturated rings. The van der Waals surface area contributed by atoms with Gasteiger partial charge in [-0.2, -0.15) is 0 Å². The molecule has 4 rings (SSSR count). The number of carbonyl (C=O) groups is 1. The summed E-state index contributed by atoms with van der Waals surface area (Å²) in [4.78, 5) is 25.3. The summed E-state index contributed by atoms with van der Waals surface area (Å²) in [6.45, 7) is 4.39. The number of anilines is 2. The average Bonchev–Trinajstić information content (AvgIpc) is 3.12. The molecule has 7 nitrogen and oxygen atoms in total. The maximum Gasteiger partial charge on any atom is 0.264 e. The molecule has 0 spiro atoms. The quantitative estimate of drug-likeness (QED) is 0.754. The van der Waals surface area contributed by atoms with E-state index in [9.17, 15) is 4.79 Å². The zero-order valence-electron chi connectivity index (χ0n) is 15.0. The van der Waals surface area contributed by atoms with Crippen molar-refractivity contribution >= 4 is 28.4 Å². The summed E-state index contributed by atoms with van der Waals surface area (Å²) in [7, 11) is 1.78. The normalized spacial score (nSPS) is 15.1. The first-order chi connectivity index (χ1) is 12.5. The van der Waals surface area contributed by atoms with Crippen LogP contribution in [0.3, 0.4) is 0 Å². The Labute approximate surface area is 151 Å². The summed E-state index contributed by atoms with van der Waals surface area (Å²) in [6, 6.07) is 7.97. The first-order valence-electron chi connectivity index (χ1n) is 8.62. The number of aromatic amines is 1. The second-order valence-corrected chi connectivity index (χ2v) is 6.80. The van der Waals surface area contributed by atoms with E-state index in [1.165, 1.54) is 0 Å². The monoisotopic (exact) mass is 351 g/mol. The summed E-state index contributed by atoms with van der Waals surface area (Å²) in [5, 5.41) is 4.49. The number of fused-ring (bicyclic) bond motifs is 2. The Morgan fingerprint density at radius 1 is 1.27 bits per heavy atom. The first kappa shape index (κ1) is 16.4. The van der Waals surface area contributed by atoms with Gasteiger partial charge in [-0.25, -0.2) is 9.97 Å². The van der Waals surface area contributed by atoms with Gasteiger partial charge in [0.15, 0.2) is 6.61 Å². The SMILES string of the molecule is CC(C)[C@@H](Nc1ncnc2[nH]ccc12)c1ccc2c(c1)N(C)C(=O)CO2. The Hall–Kier alpha value is -3.09. The van der Waals surface area contributed by atoms with Crippen LogP contribution in [0, 0.1) is 5.92 Å². The van der Waals surface area contributed by atoms with E-state index < -0.39 is 0 Å². The average molecular weight is 351 g/mol. The van der Waals surface area contributed by atoms with Gasteiger partial charge in [0.2, 0.25) is 0 Å². The molecule has 1 amide bonds. The lowest BCUT2D eigenvalue weighted by molar-refractivity contribution is -0.120. The molecule has 0 saturated heterocycles. The van der Waals surface area contributed by atoms with Gasteiger partial charge in [-0.3, -0.25) is 4.79 Å². The third-order valence-corrected chi connectivity index (χ3v) is 4.74. The molecule has 1 atom stereocenters. The summed E-state index contributed by atoms with van der Waals surface area (Å²) in [5.74, 6) is 1.78. The Bertz CT molecular complexity index is 965. The number of nitrogens with zero attached hydrogens (tertiary/aromatic N) is 3. The van der Waals surface area contributed by atoms with Gasteiger partial charge in [-0.05, 0) is 29.7 Å². The van der Waals surface area contributed by atoms with Crippen LogP contribution >= 0.6 is 0 Å². The van der Waals surface area contributed by atoms with Gasteiger partial charge in [0.05, 0.1) is 17.1 Å². The number of H-pyrrole nitrogens is 1. The molecule has 134 valence electrons. The van der Waals surface area contributed by atoms with Crippen LogP contribution in [-0.2, 0) is 4.79 Å². The van der Waals surface area contributed by atoms with Gasteiger partial charge >= 0.3 is 0 Å². The molecule has 0 aliphatic carbocycles. The molecule has 7 heteroatoms. The topological polar surface area (TPSA) is 83.1 Å². The maximum atomic E-state index is 11.9. The number of ether oxygens (including phenoxy) is 1. The summed E-state index contributed by atoms with van der Waals surface area (Å²) >= 11 is 0. The van der Waals surface area contributed by atoms with Crippen LogP contribution in [0.25, 0.3) is 11.0 Å². The number of aromatic nitrogens is 3. The van der Waals surface area contributed by atoms with Gasteiger partial charge < -0.3 is 19.9 Å². The number of likely N-dealkylation sites (N-methyl/N-ethyl adjacent to an activating group) is 1. The van der Waals surface area contributed by atoms with Crippen LogP contribution in [0.2, 0.25) is 0 Å². The highest BCUT2D eigenvalue weighted by molar-refractivity contribution is 5.97. The molecule has 2 N–H and O–H groups in total. The van der Waals surface area contributed by atoms with E-state index in [-0.39, 0.29) is 18.6 Å². The van der Waals surface area contributed by atoms with Gasteiger partial charge in [-0.1, -0.05) is 19.9 Å². The summed E-state index contributed by atoms with van der Waals surface area (Å²) < 4.78 is 5.53. The number of hydrogen-bond acceptors (Lipinski definition) is 5. The van der Waals surface area contributed by atoms with Crippen LogP contribution < -0.4 is 15.0 Å². The van der Waals surface area contributed by atoms with E-state index in [4.69, 9.17) is 4.74 Å². The molecular formula is C19H21N5O2. The molecule has 1 aromatic carbocycles. The van der Waals surface area contributed by atoms with Crippen molar-refractivity contribution in [3.8, 4) is 5.75 Å². The van der Waals surface area contributed by atoms with E-state index >= 15 is 0 Å². The van der Waals surface area contributed by atoms with Gasteiger partial charge in [0, 0.05) is 13.2 Å². The number of carbonyl (C=O) groups excluding carboxylic acids is 1. The second-order valence-electron chi connectivity index (χ2n) is 6.80. The molecule has 1 aliphatic heterocycles. The molecule has 0 radical (unpaired) electrons. The molecule has 26 heavy (non-hydrogen) atoms. The minimum atomic E-state index is -0.0477. The van der Waals surface area contributed by atoms with Crippen LogP contribution in [0.1, 0.15) is 25.5 Å². The van der Waals surface area contributed by atoms with Gasteiger partial charge in [0.1, 0.15) is 23.5 Å². The van der Waals surface area contributed by atoms with Crippen LogP contribution in [0.4, 0.5) is 11.5 Å². The number of amides is 1. The molecule has 3 heterocycles. The summed E-state index contributed by atoms with van der Waals surface area (Å²) in [5.41, 5.74) is 2.67. The highest BCUT2D eigenvalue weighted by atomic mass is 16.5. The van der Waals surface area contributed by atoms with Gasteiger partial charge in [0.25, 0.3) is 5.91 Å². The molecule has 0 bridgehead atoms. The number of rotatable bonds is 4. The predicted octanol–water partition coefficient (Wildman–Crippen LogP) is 3.12. The number of nitrogens with one attached hydrogen (secondary N) is 2. The van der Waals surface area contributed by atoms with E-state index in [2.05, 4.69) is 34.1 Å². The van der Waals surface area contributed by atoms with Crippen LogP contribution in [0.15, 0.2) is 36.8 Å². The Balaban J connectivity index is 1.71. The summed E-state index contributed by atoms with van der Waals surface area (Å²) in [6.07, 6.45) is 3.40. The highest BCUT2D eigenvalue weighted by Gasteiger charge is 2.25. The van der Waals surface area contributed by atoms with Crippen LogP contribution in [-0.4, -0.2) is 34.5 Å². The lowest BCUT2D eigenvalue weighted by Gasteiger charge is -2.29. The van der Waals surface area contributed by atoms with Crippen molar-refractivity contribution in [1.82, 2.24) is 15.0 Å². The van der Waals surface area contributed by atoms with Crippen molar-refractivity contribution in [1.29, 1.82) is 0 Å². The number of benzene rings is 1. The zero-order chi connectivity index (χ0) is 18.3. The van der Waals surface area contributed by atoms with E-state index in [1.807, 2.05) is 30.5 Å². The van der Waals surface area contributed by atoms with Crippen molar-refractivity contribution in [2.75, 3.05) is 23.9 Å². The lowest BCUT2D eigenvalue weighted by atomic mass is 9.95. The van der Waals surface area contributed by atoms with E-state index in [1.54, 1.807) is 18.3 Å². The largest absolute Gasteiger partial charge is 0.482 e.